The number of nitrogens with zero attached hydrogens (tertiary/aromatic N) is 2. The summed E-state index contributed by atoms with van der Waals surface area (Å²) in [6.45, 7) is 0.924. The van der Waals surface area contributed by atoms with Gasteiger partial charge in [0.1, 0.15) is 0 Å². The molecule has 27 heavy (non-hydrogen) atoms. The SMILES string of the molecule is C1=CC(c2ccc3ccccc3c2)N(CCc2c[nH]c3ccccc23)C=N1. The van der Waals surface area contributed by atoms with Gasteiger partial charge in [0.15, 0.2) is 0 Å². The van der Waals surface area contributed by atoms with Crippen LogP contribution in [-0.4, -0.2) is 22.8 Å². The van der Waals surface area contributed by atoms with Crippen molar-refractivity contribution >= 4 is 28.0 Å². The molecule has 4 aromatic rings. The number of hydrogen-bond donors (Lipinski definition) is 1. The van der Waals surface area contributed by atoms with Crippen LogP contribution >= 0.6 is 0 Å². The predicted molar refractivity (Wildman–Crippen MR) is 113 cm³/mol. The Labute approximate surface area is 158 Å². The summed E-state index contributed by atoms with van der Waals surface area (Å²) in [7, 11) is 0. The number of fused-ring (bicyclic) bond motifs is 2. The van der Waals surface area contributed by atoms with Gasteiger partial charge in [-0.15, -0.1) is 0 Å². The molecule has 0 amide bonds. The van der Waals surface area contributed by atoms with Crippen LogP contribution in [-0.2, 0) is 6.42 Å². The van der Waals surface area contributed by atoms with Crippen molar-refractivity contribution in [2.75, 3.05) is 6.54 Å². The molecule has 3 heteroatoms. The monoisotopic (exact) mass is 351 g/mol. The van der Waals surface area contributed by atoms with Crippen LogP contribution in [0.5, 0.6) is 0 Å². The van der Waals surface area contributed by atoms with E-state index in [1.54, 1.807) is 0 Å². The molecule has 0 radical (unpaired) electrons. The van der Waals surface area contributed by atoms with Crippen LogP contribution in [0.2, 0.25) is 0 Å². The lowest BCUT2D eigenvalue weighted by Gasteiger charge is -2.30. The Morgan fingerprint density at radius 1 is 0.926 bits per heavy atom. The Morgan fingerprint density at radius 3 is 2.74 bits per heavy atom. The van der Waals surface area contributed by atoms with Crippen LogP contribution in [0.15, 0.2) is 90.2 Å². The second-order valence-electron chi connectivity index (χ2n) is 7.00. The van der Waals surface area contributed by atoms with E-state index in [2.05, 4.69) is 93.9 Å². The summed E-state index contributed by atoms with van der Waals surface area (Å²) in [5.74, 6) is 0. The number of aromatic amines is 1. The first-order valence-electron chi connectivity index (χ1n) is 9.38. The normalized spacial score (nSPS) is 16.4. The molecule has 0 aliphatic carbocycles. The van der Waals surface area contributed by atoms with Crippen LogP contribution in [0.4, 0.5) is 0 Å². The lowest BCUT2D eigenvalue weighted by atomic mass is 10.00. The number of nitrogens with one attached hydrogen (secondary N) is 1. The zero-order valence-electron chi connectivity index (χ0n) is 15.0. The van der Waals surface area contributed by atoms with E-state index >= 15 is 0 Å². The van der Waals surface area contributed by atoms with Crippen molar-refractivity contribution in [1.29, 1.82) is 0 Å². The minimum atomic E-state index is 0.220. The Balaban J connectivity index is 1.40. The first-order chi connectivity index (χ1) is 13.4. The zero-order valence-corrected chi connectivity index (χ0v) is 15.0. The molecule has 132 valence electrons. The first-order valence-corrected chi connectivity index (χ1v) is 9.38. The van der Waals surface area contributed by atoms with E-state index in [1.807, 2.05) is 12.5 Å². The third-order valence-electron chi connectivity index (χ3n) is 5.36. The molecule has 0 spiro atoms. The van der Waals surface area contributed by atoms with Crippen molar-refractivity contribution < 1.29 is 0 Å². The largest absolute Gasteiger partial charge is 0.361 e. The second-order valence-corrected chi connectivity index (χ2v) is 7.00. The molecular formula is C24H21N3. The van der Waals surface area contributed by atoms with Gasteiger partial charge in [0, 0.05) is 29.8 Å². The fourth-order valence-electron chi connectivity index (χ4n) is 3.92. The molecular weight excluding hydrogens is 330 g/mol. The first kappa shape index (κ1) is 15.9. The molecule has 3 aromatic carbocycles. The van der Waals surface area contributed by atoms with Crippen molar-refractivity contribution in [1.82, 2.24) is 9.88 Å². The maximum atomic E-state index is 4.37. The van der Waals surface area contributed by atoms with Crippen LogP contribution in [0.25, 0.3) is 21.7 Å². The molecule has 3 nitrogen and oxygen atoms in total. The topological polar surface area (TPSA) is 31.4 Å². The highest BCUT2D eigenvalue weighted by atomic mass is 15.2. The van der Waals surface area contributed by atoms with Crippen molar-refractivity contribution in [2.45, 2.75) is 12.5 Å². The highest BCUT2D eigenvalue weighted by molar-refractivity contribution is 5.84. The summed E-state index contributed by atoms with van der Waals surface area (Å²) in [4.78, 5) is 10.1. The molecule has 1 aliphatic heterocycles. The average molecular weight is 351 g/mol. The van der Waals surface area contributed by atoms with E-state index in [0.29, 0.717) is 0 Å². The van der Waals surface area contributed by atoms with Gasteiger partial charge in [0.25, 0.3) is 0 Å². The highest BCUT2D eigenvalue weighted by Gasteiger charge is 2.18. The summed E-state index contributed by atoms with van der Waals surface area (Å²) in [5, 5.41) is 3.87. The van der Waals surface area contributed by atoms with Gasteiger partial charge >= 0.3 is 0 Å². The Morgan fingerprint density at radius 2 is 1.78 bits per heavy atom. The lowest BCUT2D eigenvalue weighted by molar-refractivity contribution is 0.375. The van der Waals surface area contributed by atoms with Gasteiger partial charge in [0.05, 0.1) is 12.4 Å². The highest BCUT2D eigenvalue weighted by Crippen LogP contribution is 2.27. The van der Waals surface area contributed by atoms with Crippen molar-refractivity contribution in [3.05, 3.63) is 96.3 Å². The number of rotatable bonds is 4. The smallest absolute Gasteiger partial charge is 0.0912 e. The number of para-hydroxylation sites is 1. The molecule has 1 N–H and O–H groups in total. The number of benzene rings is 3. The minimum absolute atomic E-state index is 0.220. The Kier molecular flexibility index (Phi) is 3.98. The van der Waals surface area contributed by atoms with Gasteiger partial charge in [-0.1, -0.05) is 54.6 Å². The van der Waals surface area contributed by atoms with Crippen LogP contribution < -0.4 is 0 Å². The quantitative estimate of drug-likeness (QED) is 0.520. The molecule has 1 aromatic heterocycles. The third kappa shape index (κ3) is 3.02. The Bertz CT molecular complexity index is 1150. The van der Waals surface area contributed by atoms with Crippen LogP contribution in [0, 0.1) is 0 Å². The van der Waals surface area contributed by atoms with E-state index in [4.69, 9.17) is 0 Å². The summed E-state index contributed by atoms with van der Waals surface area (Å²) in [6.07, 6.45) is 9.16. The summed E-state index contributed by atoms with van der Waals surface area (Å²) in [6, 6.07) is 24.0. The van der Waals surface area contributed by atoms with Gasteiger partial charge in [-0.25, -0.2) is 4.99 Å². The lowest BCUT2D eigenvalue weighted by Crippen LogP contribution is -2.30. The van der Waals surface area contributed by atoms with E-state index in [-0.39, 0.29) is 6.04 Å². The predicted octanol–water partition coefficient (Wildman–Crippen LogP) is 5.46. The number of aliphatic imine (C=N–C) groups is 1. The van der Waals surface area contributed by atoms with Crippen LogP contribution in [0.3, 0.4) is 0 Å². The Hall–Kier alpha value is -3.33. The van der Waals surface area contributed by atoms with Crippen LogP contribution in [0.1, 0.15) is 17.2 Å². The van der Waals surface area contributed by atoms with E-state index in [0.717, 1.165) is 13.0 Å². The van der Waals surface area contributed by atoms with Gasteiger partial charge in [-0.3, -0.25) is 0 Å². The molecule has 1 atom stereocenters. The molecule has 2 heterocycles. The summed E-state index contributed by atoms with van der Waals surface area (Å²) >= 11 is 0. The average Bonchev–Trinajstić information content (AvgIpc) is 3.15. The van der Waals surface area contributed by atoms with E-state index < -0.39 is 0 Å². The molecule has 5 rings (SSSR count). The van der Waals surface area contributed by atoms with Crippen molar-refractivity contribution in [3.8, 4) is 0 Å². The number of hydrogen-bond acceptors (Lipinski definition) is 2. The zero-order chi connectivity index (χ0) is 18.1. The van der Waals surface area contributed by atoms with Gasteiger partial charge in [-0.2, -0.15) is 0 Å². The van der Waals surface area contributed by atoms with Gasteiger partial charge < -0.3 is 9.88 Å². The molecule has 0 bridgehead atoms. The number of H-pyrrole nitrogens is 1. The van der Waals surface area contributed by atoms with E-state index in [1.165, 1.54) is 32.8 Å². The fourth-order valence-corrected chi connectivity index (χ4v) is 3.92. The molecule has 0 fully saturated rings. The molecule has 0 saturated heterocycles. The molecule has 1 aliphatic rings. The maximum absolute atomic E-state index is 4.37. The number of aromatic nitrogens is 1. The summed E-state index contributed by atoms with van der Waals surface area (Å²) < 4.78 is 0. The minimum Gasteiger partial charge on any atom is -0.361 e. The van der Waals surface area contributed by atoms with Gasteiger partial charge in [0.2, 0.25) is 0 Å². The van der Waals surface area contributed by atoms with E-state index in [9.17, 15) is 0 Å². The summed E-state index contributed by atoms with van der Waals surface area (Å²) in [5.41, 5.74) is 3.85. The maximum Gasteiger partial charge on any atom is 0.0912 e. The van der Waals surface area contributed by atoms with Gasteiger partial charge in [-0.05, 0) is 46.5 Å². The van der Waals surface area contributed by atoms with Crippen molar-refractivity contribution in [2.24, 2.45) is 4.99 Å². The molecule has 0 saturated carbocycles. The molecule has 1 unspecified atom stereocenters. The standard InChI is InChI=1S/C24H21N3/c1-2-6-19-15-20(10-9-18(19)5-1)24-11-13-25-17-27(24)14-12-21-16-26-23-8-4-3-7-22(21)23/h1-11,13,15-17,24,26H,12,14H2. The third-order valence-corrected chi connectivity index (χ3v) is 5.36. The second kappa shape index (κ2) is 6.76. The fraction of sp³-hybridized carbons (Fsp3) is 0.125. The van der Waals surface area contributed by atoms with Crippen molar-refractivity contribution in [3.63, 3.8) is 0 Å².